The molecule has 0 amide bonds. The average Bonchev–Trinajstić information content (AvgIpc) is 3.29. The van der Waals surface area contributed by atoms with Gasteiger partial charge in [-0.3, -0.25) is 4.90 Å². The molecule has 4 rings (SSSR count). The summed E-state index contributed by atoms with van der Waals surface area (Å²) in [6.07, 6.45) is 4.79. The molecule has 3 aliphatic rings. The second kappa shape index (κ2) is 7.42. The van der Waals surface area contributed by atoms with Crippen molar-refractivity contribution in [2.24, 2.45) is 5.92 Å². The third-order valence-corrected chi connectivity index (χ3v) is 6.64. The fourth-order valence-electron chi connectivity index (χ4n) is 4.23. The maximum absolute atomic E-state index is 6.24. The van der Waals surface area contributed by atoms with E-state index in [0.29, 0.717) is 5.92 Å². The molecular formula is C19H29NO3S. The fourth-order valence-corrected chi connectivity index (χ4v) is 5.16. The average molecular weight is 352 g/mol. The zero-order valence-electron chi connectivity index (χ0n) is 14.7. The van der Waals surface area contributed by atoms with Gasteiger partial charge in [0, 0.05) is 49.0 Å². The first kappa shape index (κ1) is 17.0. The highest BCUT2D eigenvalue weighted by Crippen LogP contribution is 2.37. The maximum atomic E-state index is 6.24. The third-order valence-electron chi connectivity index (χ3n) is 5.65. The molecule has 2 atom stereocenters. The lowest BCUT2D eigenvalue weighted by Crippen LogP contribution is -2.33. The zero-order valence-corrected chi connectivity index (χ0v) is 15.5. The van der Waals surface area contributed by atoms with Crippen LogP contribution in [0.2, 0.25) is 0 Å². The molecule has 1 aromatic rings. The number of thiophene rings is 1. The van der Waals surface area contributed by atoms with Crippen LogP contribution in [0.4, 0.5) is 0 Å². The molecule has 4 nitrogen and oxygen atoms in total. The summed E-state index contributed by atoms with van der Waals surface area (Å²) < 4.78 is 17.9. The molecule has 3 saturated heterocycles. The number of hydrogen-bond acceptors (Lipinski definition) is 5. The zero-order chi connectivity index (χ0) is 16.4. The van der Waals surface area contributed by atoms with Crippen LogP contribution in [0.1, 0.15) is 35.4 Å². The summed E-state index contributed by atoms with van der Waals surface area (Å²) in [4.78, 5) is 5.42. The van der Waals surface area contributed by atoms with Gasteiger partial charge in [-0.15, -0.1) is 11.3 Å². The molecule has 0 aromatic carbocycles. The van der Waals surface area contributed by atoms with Gasteiger partial charge in [-0.1, -0.05) is 0 Å². The molecule has 0 aliphatic carbocycles. The molecule has 5 heteroatoms. The first-order valence-corrected chi connectivity index (χ1v) is 10.1. The second-order valence-electron chi connectivity index (χ2n) is 7.68. The monoisotopic (exact) mass is 351 g/mol. The topological polar surface area (TPSA) is 30.9 Å². The molecule has 1 spiro atoms. The van der Waals surface area contributed by atoms with Crippen molar-refractivity contribution in [1.29, 1.82) is 0 Å². The van der Waals surface area contributed by atoms with Crippen molar-refractivity contribution in [3.8, 4) is 0 Å². The Labute approximate surface area is 149 Å². The Morgan fingerprint density at radius 1 is 1.33 bits per heavy atom. The lowest BCUT2D eigenvalue weighted by Gasteiger charge is -2.24. The van der Waals surface area contributed by atoms with Crippen LogP contribution in [0.3, 0.4) is 0 Å². The summed E-state index contributed by atoms with van der Waals surface area (Å²) in [6, 6.07) is 4.48. The van der Waals surface area contributed by atoms with Crippen LogP contribution in [-0.2, 0) is 20.8 Å². The summed E-state index contributed by atoms with van der Waals surface area (Å²) >= 11 is 1.91. The van der Waals surface area contributed by atoms with E-state index in [0.717, 1.165) is 71.7 Å². The van der Waals surface area contributed by atoms with Crippen LogP contribution < -0.4 is 0 Å². The Kier molecular flexibility index (Phi) is 5.25. The van der Waals surface area contributed by atoms with Crippen molar-refractivity contribution in [3.63, 3.8) is 0 Å². The standard InChI is InChI=1S/C19H29NO3S/c1-15-2-3-18(24-15)11-20-7-6-19(14-20)10-17(13-23-19)22-12-16-4-8-21-9-5-16/h2-3,16-17H,4-14H2,1H3/t17-,19+/m0/s1. The molecule has 1 aromatic heterocycles. The number of likely N-dealkylation sites (tertiary alicyclic amines) is 1. The minimum Gasteiger partial charge on any atom is -0.381 e. The van der Waals surface area contributed by atoms with Crippen LogP contribution in [-0.4, -0.2) is 56.1 Å². The maximum Gasteiger partial charge on any atom is 0.0847 e. The molecule has 3 aliphatic heterocycles. The van der Waals surface area contributed by atoms with E-state index < -0.39 is 0 Å². The Morgan fingerprint density at radius 2 is 2.21 bits per heavy atom. The van der Waals surface area contributed by atoms with Crippen LogP contribution in [0.15, 0.2) is 12.1 Å². The molecular weight excluding hydrogens is 322 g/mol. The van der Waals surface area contributed by atoms with Crippen molar-refractivity contribution in [2.45, 2.75) is 50.9 Å². The van der Waals surface area contributed by atoms with Crippen molar-refractivity contribution < 1.29 is 14.2 Å². The Balaban J connectivity index is 1.23. The largest absolute Gasteiger partial charge is 0.381 e. The van der Waals surface area contributed by atoms with Gasteiger partial charge in [-0.05, 0) is 44.2 Å². The number of ether oxygens (including phenoxy) is 3. The highest BCUT2D eigenvalue weighted by Gasteiger charge is 2.45. The number of hydrogen-bond donors (Lipinski definition) is 0. The predicted molar refractivity (Wildman–Crippen MR) is 95.5 cm³/mol. The molecule has 0 saturated carbocycles. The Hall–Kier alpha value is -0.460. The molecule has 4 heterocycles. The van der Waals surface area contributed by atoms with Crippen LogP contribution in [0, 0.1) is 12.8 Å². The first-order valence-electron chi connectivity index (χ1n) is 9.32. The number of aryl methyl sites for hydroxylation is 1. The van der Waals surface area contributed by atoms with E-state index in [-0.39, 0.29) is 11.7 Å². The van der Waals surface area contributed by atoms with Crippen LogP contribution >= 0.6 is 11.3 Å². The third kappa shape index (κ3) is 4.02. The molecule has 134 valence electrons. The second-order valence-corrected chi connectivity index (χ2v) is 9.05. The summed E-state index contributed by atoms with van der Waals surface area (Å²) in [5.41, 5.74) is 0.0483. The minimum atomic E-state index is 0.0483. The predicted octanol–water partition coefficient (Wildman–Crippen LogP) is 3.23. The van der Waals surface area contributed by atoms with Gasteiger partial charge in [0.05, 0.1) is 24.9 Å². The van der Waals surface area contributed by atoms with Gasteiger partial charge in [0.1, 0.15) is 0 Å². The van der Waals surface area contributed by atoms with E-state index in [9.17, 15) is 0 Å². The van der Waals surface area contributed by atoms with E-state index >= 15 is 0 Å². The molecule has 0 unspecified atom stereocenters. The van der Waals surface area contributed by atoms with Gasteiger partial charge in [-0.25, -0.2) is 0 Å². The SMILES string of the molecule is Cc1ccc(CN2CC[C@@]3(C[C@H](OCC4CCOCC4)CO3)C2)s1. The van der Waals surface area contributed by atoms with Crippen LogP contribution in [0.25, 0.3) is 0 Å². The molecule has 0 N–H and O–H groups in total. The fraction of sp³-hybridized carbons (Fsp3) is 0.789. The van der Waals surface area contributed by atoms with E-state index in [1.54, 1.807) is 0 Å². The van der Waals surface area contributed by atoms with Crippen molar-refractivity contribution >= 4 is 11.3 Å². The van der Waals surface area contributed by atoms with E-state index in [2.05, 4.69) is 24.0 Å². The highest BCUT2D eigenvalue weighted by atomic mass is 32.1. The normalized spacial score (nSPS) is 32.1. The lowest BCUT2D eigenvalue weighted by molar-refractivity contribution is -0.0188. The Bertz CT molecular complexity index is 542. The van der Waals surface area contributed by atoms with Gasteiger partial charge in [0.2, 0.25) is 0 Å². The minimum absolute atomic E-state index is 0.0483. The van der Waals surface area contributed by atoms with Gasteiger partial charge in [0.25, 0.3) is 0 Å². The van der Waals surface area contributed by atoms with Crippen molar-refractivity contribution in [2.75, 3.05) is 39.5 Å². The first-order chi connectivity index (χ1) is 11.7. The summed E-state index contributed by atoms with van der Waals surface area (Å²) in [6.45, 7) is 8.90. The van der Waals surface area contributed by atoms with E-state index in [1.807, 2.05) is 11.3 Å². The quantitative estimate of drug-likeness (QED) is 0.815. The molecule has 0 bridgehead atoms. The molecule has 24 heavy (non-hydrogen) atoms. The highest BCUT2D eigenvalue weighted by molar-refractivity contribution is 7.11. The lowest BCUT2D eigenvalue weighted by atomic mass is 9.98. The summed E-state index contributed by atoms with van der Waals surface area (Å²) in [7, 11) is 0. The van der Waals surface area contributed by atoms with Gasteiger partial charge < -0.3 is 14.2 Å². The van der Waals surface area contributed by atoms with E-state index in [1.165, 1.54) is 9.75 Å². The van der Waals surface area contributed by atoms with Crippen molar-refractivity contribution in [3.05, 3.63) is 21.9 Å². The van der Waals surface area contributed by atoms with Gasteiger partial charge in [-0.2, -0.15) is 0 Å². The van der Waals surface area contributed by atoms with Crippen LogP contribution in [0.5, 0.6) is 0 Å². The molecule has 3 fully saturated rings. The van der Waals surface area contributed by atoms with Gasteiger partial charge >= 0.3 is 0 Å². The summed E-state index contributed by atoms with van der Waals surface area (Å²) in [5, 5.41) is 0. The van der Waals surface area contributed by atoms with Crippen molar-refractivity contribution in [1.82, 2.24) is 4.90 Å². The smallest absolute Gasteiger partial charge is 0.0847 e. The molecule has 0 radical (unpaired) electrons. The Morgan fingerprint density at radius 3 is 3.00 bits per heavy atom. The van der Waals surface area contributed by atoms with Gasteiger partial charge in [0.15, 0.2) is 0 Å². The van der Waals surface area contributed by atoms with E-state index in [4.69, 9.17) is 14.2 Å². The number of rotatable bonds is 5. The summed E-state index contributed by atoms with van der Waals surface area (Å²) in [5.74, 6) is 0.678. The number of nitrogens with zero attached hydrogens (tertiary/aromatic N) is 1.